The second kappa shape index (κ2) is 9.65. The van der Waals surface area contributed by atoms with E-state index in [1.807, 2.05) is 26.0 Å². The number of carbonyl (C=O) groups excluding carboxylic acids is 2. The van der Waals surface area contributed by atoms with Gasteiger partial charge in [0.15, 0.2) is 0 Å². The maximum atomic E-state index is 13.1. The Labute approximate surface area is 178 Å². The molecule has 2 atom stereocenters. The number of carbonyl (C=O) groups is 2. The molecule has 1 aliphatic rings. The van der Waals surface area contributed by atoms with Crippen molar-refractivity contribution in [3.05, 3.63) is 59.2 Å². The summed E-state index contributed by atoms with van der Waals surface area (Å²) in [5, 5.41) is 6.04. The summed E-state index contributed by atoms with van der Waals surface area (Å²) in [4.78, 5) is 26.0. The number of hydrogen-bond acceptors (Lipinski definition) is 4. The quantitative estimate of drug-likeness (QED) is 0.731. The number of hydrogen-bond donors (Lipinski definition) is 2. The van der Waals surface area contributed by atoms with Crippen molar-refractivity contribution in [2.75, 3.05) is 14.2 Å². The first-order valence-corrected chi connectivity index (χ1v) is 10.3. The third-order valence-electron chi connectivity index (χ3n) is 5.54. The molecule has 3 rings (SSSR count). The fourth-order valence-corrected chi connectivity index (χ4v) is 3.86. The molecule has 0 heterocycles. The highest BCUT2D eigenvalue weighted by atomic mass is 16.5. The molecular formula is C24H30N2O4. The number of methoxy groups -OCH3 is 2. The summed E-state index contributed by atoms with van der Waals surface area (Å²) in [5.74, 6) is 0.452. The third kappa shape index (κ3) is 4.93. The van der Waals surface area contributed by atoms with Gasteiger partial charge in [0, 0.05) is 11.6 Å². The Morgan fingerprint density at radius 1 is 1.03 bits per heavy atom. The van der Waals surface area contributed by atoms with Crippen molar-refractivity contribution in [2.45, 2.75) is 45.2 Å². The zero-order valence-corrected chi connectivity index (χ0v) is 18.0. The number of fused-ring (bicyclic) bond motifs is 1. The lowest BCUT2D eigenvalue weighted by atomic mass is 9.87. The largest absolute Gasteiger partial charge is 0.497 e. The van der Waals surface area contributed by atoms with Crippen LogP contribution in [0.4, 0.5) is 0 Å². The molecule has 0 aliphatic heterocycles. The number of ether oxygens (including phenoxy) is 2. The van der Waals surface area contributed by atoms with Gasteiger partial charge in [-0.3, -0.25) is 9.59 Å². The predicted molar refractivity (Wildman–Crippen MR) is 116 cm³/mol. The van der Waals surface area contributed by atoms with Gasteiger partial charge >= 0.3 is 0 Å². The van der Waals surface area contributed by atoms with E-state index in [4.69, 9.17) is 9.47 Å². The van der Waals surface area contributed by atoms with E-state index < -0.39 is 6.04 Å². The highest BCUT2D eigenvalue weighted by Crippen LogP contribution is 2.29. The summed E-state index contributed by atoms with van der Waals surface area (Å²) >= 11 is 0. The standard InChI is InChI=1S/C24H30N2O4/c1-15(2)22(26-23(27)17-12-18(29-3)14-19(13-17)30-4)24(28)25-21-11-7-9-16-8-5-6-10-20(16)21/h5-6,8,10,12-15,21-22H,7,9,11H2,1-4H3,(H,25,28)(H,26,27). The summed E-state index contributed by atoms with van der Waals surface area (Å²) in [6.07, 6.45) is 2.96. The lowest BCUT2D eigenvalue weighted by Gasteiger charge is -2.29. The summed E-state index contributed by atoms with van der Waals surface area (Å²) in [6.45, 7) is 3.84. The Balaban J connectivity index is 1.75. The van der Waals surface area contributed by atoms with Gasteiger partial charge in [-0.2, -0.15) is 0 Å². The van der Waals surface area contributed by atoms with E-state index in [-0.39, 0.29) is 23.8 Å². The lowest BCUT2D eigenvalue weighted by molar-refractivity contribution is -0.124. The van der Waals surface area contributed by atoms with Gasteiger partial charge in [-0.1, -0.05) is 38.1 Å². The Morgan fingerprint density at radius 3 is 2.33 bits per heavy atom. The van der Waals surface area contributed by atoms with Crippen LogP contribution in [0.5, 0.6) is 11.5 Å². The van der Waals surface area contributed by atoms with Crippen molar-refractivity contribution in [2.24, 2.45) is 5.92 Å². The summed E-state index contributed by atoms with van der Waals surface area (Å²) in [6, 6.07) is 12.5. The van der Waals surface area contributed by atoms with Crippen LogP contribution in [0.25, 0.3) is 0 Å². The summed E-state index contributed by atoms with van der Waals surface area (Å²) in [5.41, 5.74) is 2.83. The van der Waals surface area contributed by atoms with Gasteiger partial charge in [0.05, 0.1) is 20.3 Å². The monoisotopic (exact) mass is 410 g/mol. The first-order chi connectivity index (χ1) is 14.4. The molecule has 0 spiro atoms. The van der Waals surface area contributed by atoms with Crippen molar-refractivity contribution in [1.29, 1.82) is 0 Å². The highest BCUT2D eigenvalue weighted by Gasteiger charge is 2.29. The summed E-state index contributed by atoms with van der Waals surface area (Å²) in [7, 11) is 3.06. The van der Waals surface area contributed by atoms with Crippen LogP contribution in [0.2, 0.25) is 0 Å². The molecular weight excluding hydrogens is 380 g/mol. The molecule has 0 radical (unpaired) electrons. The molecule has 0 saturated carbocycles. The van der Waals surface area contributed by atoms with Crippen LogP contribution in [-0.2, 0) is 11.2 Å². The minimum Gasteiger partial charge on any atom is -0.497 e. The van der Waals surface area contributed by atoms with E-state index >= 15 is 0 Å². The lowest BCUT2D eigenvalue weighted by Crippen LogP contribution is -2.50. The highest BCUT2D eigenvalue weighted by molar-refractivity contribution is 5.98. The molecule has 0 fully saturated rings. The van der Waals surface area contributed by atoms with Crippen molar-refractivity contribution in [1.82, 2.24) is 10.6 Å². The topological polar surface area (TPSA) is 76.7 Å². The van der Waals surface area contributed by atoms with E-state index in [2.05, 4.69) is 22.8 Å². The van der Waals surface area contributed by atoms with E-state index in [1.165, 1.54) is 25.3 Å². The second-order valence-electron chi connectivity index (χ2n) is 7.95. The smallest absolute Gasteiger partial charge is 0.252 e. The molecule has 2 unspecified atom stereocenters. The average Bonchev–Trinajstić information content (AvgIpc) is 2.76. The van der Waals surface area contributed by atoms with Crippen LogP contribution >= 0.6 is 0 Å². The first-order valence-electron chi connectivity index (χ1n) is 10.3. The normalized spacial score (nSPS) is 16.4. The fraction of sp³-hybridized carbons (Fsp3) is 0.417. The third-order valence-corrected chi connectivity index (χ3v) is 5.54. The van der Waals surface area contributed by atoms with Crippen molar-refractivity contribution >= 4 is 11.8 Å². The summed E-state index contributed by atoms with van der Waals surface area (Å²) < 4.78 is 10.5. The van der Waals surface area contributed by atoms with Crippen LogP contribution in [0.15, 0.2) is 42.5 Å². The van der Waals surface area contributed by atoms with Gasteiger partial charge in [0.2, 0.25) is 5.91 Å². The number of amides is 2. The fourth-order valence-electron chi connectivity index (χ4n) is 3.86. The maximum absolute atomic E-state index is 13.1. The van der Waals surface area contributed by atoms with Crippen molar-refractivity contribution in [3.8, 4) is 11.5 Å². The Morgan fingerprint density at radius 2 is 1.70 bits per heavy atom. The van der Waals surface area contributed by atoms with E-state index in [1.54, 1.807) is 18.2 Å². The molecule has 2 aromatic rings. The molecule has 2 amide bonds. The van der Waals surface area contributed by atoms with Gasteiger partial charge in [-0.05, 0) is 48.4 Å². The number of benzene rings is 2. The average molecular weight is 411 g/mol. The molecule has 0 saturated heterocycles. The Hall–Kier alpha value is -3.02. The molecule has 0 bridgehead atoms. The predicted octanol–water partition coefficient (Wildman–Crippen LogP) is 3.65. The van der Waals surface area contributed by atoms with Crippen LogP contribution in [0, 0.1) is 5.92 Å². The van der Waals surface area contributed by atoms with E-state index in [0.717, 1.165) is 19.3 Å². The van der Waals surface area contributed by atoms with E-state index in [0.29, 0.717) is 17.1 Å². The number of nitrogens with one attached hydrogen (secondary N) is 2. The molecule has 2 aromatic carbocycles. The van der Waals surface area contributed by atoms with Crippen LogP contribution < -0.4 is 20.1 Å². The van der Waals surface area contributed by atoms with Crippen LogP contribution in [0.1, 0.15) is 54.2 Å². The van der Waals surface area contributed by atoms with E-state index in [9.17, 15) is 9.59 Å². The molecule has 30 heavy (non-hydrogen) atoms. The Bertz CT molecular complexity index is 888. The second-order valence-corrected chi connectivity index (χ2v) is 7.95. The van der Waals surface area contributed by atoms with Crippen molar-refractivity contribution in [3.63, 3.8) is 0 Å². The van der Waals surface area contributed by atoms with Gasteiger partial charge in [-0.15, -0.1) is 0 Å². The number of aryl methyl sites for hydroxylation is 1. The SMILES string of the molecule is COc1cc(OC)cc(C(=O)NC(C(=O)NC2CCCc3ccccc32)C(C)C)c1. The Kier molecular flexibility index (Phi) is 6.98. The van der Waals surface area contributed by atoms with Gasteiger partial charge in [-0.25, -0.2) is 0 Å². The van der Waals surface area contributed by atoms with Gasteiger partial charge in [0.25, 0.3) is 5.91 Å². The van der Waals surface area contributed by atoms with Crippen molar-refractivity contribution < 1.29 is 19.1 Å². The minimum absolute atomic E-state index is 0.0301. The minimum atomic E-state index is -0.649. The number of rotatable bonds is 7. The van der Waals surface area contributed by atoms with Gasteiger partial charge in [0.1, 0.15) is 17.5 Å². The zero-order chi connectivity index (χ0) is 21.7. The first kappa shape index (κ1) is 21.7. The molecule has 0 aromatic heterocycles. The van der Waals surface area contributed by atoms with Crippen LogP contribution in [0.3, 0.4) is 0 Å². The zero-order valence-electron chi connectivity index (χ0n) is 18.0. The molecule has 2 N–H and O–H groups in total. The molecule has 6 heteroatoms. The maximum Gasteiger partial charge on any atom is 0.252 e. The van der Waals surface area contributed by atoms with Gasteiger partial charge < -0.3 is 20.1 Å². The molecule has 6 nitrogen and oxygen atoms in total. The molecule has 160 valence electrons. The molecule has 1 aliphatic carbocycles. The van der Waals surface area contributed by atoms with Crippen LogP contribution in [-0.4, -0.2) is 32.1 Å².